The van der Waals surface area contributed by atoms with Gasteiger partial charge in [-0.3, -0.25) is 14.0 Å². The molecule has 6 nitrogen and oxygen atoms in total. The first-order valence-electron chi connectivity index (χ1n) is 7.07. The Morgan fingerprint density at radius 2 is 2.24 bits per heavy atom. The van der Waals surface area contributed by atoms with Gasteiger partial charge in [0.15, 0.2) is 11.6 Å². The van der Waals surface area contributed by atoms with Crippen LogP contribution in [-0.4, -0.2) is 33.9 Å². The van der Waals surface area contributed by atoms with Gasteiger partial charge in [-0.15, -0.1) is 11.3 Å². The predicted molar refractivity (Wildman–Crippen MR) is 78.1 cm³/mol. The quantitative estimate of drug-likeness (QED) is 0.851. The third-order valence-corrected chi connectivity index (χ3v) is 4.32. The lowest BCUT2D eigenvalue weighted by molar-refractivity contribution is -0.148. The predicted octanol–water partition coefficient (Wildman–Crippen LogP) is 1.54. The standard InChI is InChI=1S/C14H17N3O3S/c18-12(15-10-3-1-2-4-10)9-20-13(19)7-11-8-17-5-6-21-14(17)16-11/h5-6,8,10H,1-4,7,9H2,(H,15,18). The Morgan fingerprint density at radius 3 is 3.00 bits per heavy atom. The second kappa shape index (κ2) is 6.26. The first kappa shape index (κ1) is 14.1. The summed E-state index contributed by atoms with van der Waals surface area (Å²) in [7, 11) is 0. The highest BCUT2D eigenvalue weighted by Crippen LogP contribution is 2.17. The molecule has 112 valence electrons. The average Bonchev–Trinajstić information content (AvgIpc) is 3.13. The van der Waals surface area contributed by atoms with E-state index in [1.54, 1.807) is 6.20 Å². The van der Waals surface area contributed by atoms with Gasteiger partial charge in [-0.25, -0.2) is 4.98 Å². The van der Waals surface area contributed by atoms with E-state index in [1.807, 2.05) is 16.0 Å². The van der Waals surface area contributed by atoms with Gasteiger partial charge in [-0.05, 0) is 12.8 Å². The molecule has 1 N–H and O–H groups in total. The molecule has 0 radical (unpaired) electrons. The van der Waals surface area contributed by atoms with Crippen LogP contribution in [0.25, 0.3) is 4.96 Å². The van der Waals surface area contributed by atoms with Crippen LogP contribution in [0.2, 0.25) is 0 Å². The molecule has 21 heavy (non-hydrogen) atoms. The number of imidazole rings is 1. The number of carbonyl (C=O) groups excluding carboxylic acids is 2. The van der Waals surface area contributed by atoms with Crippen LogP contribution in [0.15, 0.2) is 17.8 Å². The number of hydrogen-bond acceptors (Lipinski definition) is 5. The Kier molecular flexibility index (Phi) is 4.19. The van der Waals surface area contributed by atoms with E-state index in [0.717, 1.165) is 30.6 Å². The third kappa shape index (κ3) is 3.60. The highest BCUT2D eigenvalue weighted by atomic mass is 32.1. The summed E-state index contributed by atoms with van der Waals surface area (Å²) in [6.07, 6.45) is 8.12. The molecule has 7 heteroatoms. The number of carbonyl (C=O) groups is 2. The molecule has 1 aliphatic rings. The van der Waals surface area contributed by atoms with Crippen molar-refractivity contribution in [2.24, 2.45) is 0 Å². The minimum absolute atomic E-state index is 0.0884. The fraction of sp³-hybridized carbons (Fsp3) is 0.500. The van der Waals surface area contributed by atoms with Gasteiger partial charge in [0.05, 0.1) is 12.1 Å². The number of nitrogens with zero attached hydrogens (tertiary/aromatic N) is 2. The summed E-state index contributed by atoms with van der Waals surface area (Å²) in [6.45, 7) is -0.211. The smallest absolute Gasteiger partial charge is 0.312 e. The van der Waals surface area contributed by atoms with E-state index >= 15 is 0 Å². The van der Waals surface area contributed by atoms with Crippen molar-refractivity contribution in [1.29, 1.82) is 0 Å². The van der Waals surface area contributed by atoms with E-state index in [2.05, 4.69) is 10.3 Å². The molecule has 2 aromatic heterocycles. The second-order valence-corrected chi connectivity index (χ2v) is 6.08. The molecule has 1 fully saturated rings. The molecule has 0 bridgehead atoms. The Balaban J connectivity index is 1.43. The highest BCUT2D eigenvalue weighted by Gasteiger charge is 2.18. The van der Waals surface area contributed by atoms with Gasteiger partial charge in [0.1, 0.15) is 0 Å². The van der Waals surface area contributed by atoms with Crippen LogP contribution in [-0.2, 0) is 20.7 Å². The number of fused-ring (bicyclic) bond motifs is 1. The topological polar surface area (TPSA) is 72.7 Å². The maximum atomic E-state index is 11.7. The molecule has 0 saturated heterocycles. The summed E-state index contributed by atoms with van der Waals surface area (Å²) in [6, 6.07) is 0.246. The van der Waals surface area contributed by atoms with Gasteiger partial charge in [-0.2, -0.15) is 0 Å². The molecule has 2 aromatic rings. The minimum atomic E-state index is -0.428. The molecule has 1 aliphatic carbocycles. The van der Waals surface area contributed by atoms with E-state index in [-0.39, 0.29) is 25.0 Å². The van der Waals surface area contributed by atoms with E-state index in [1.165, 1.54) is 11.3 Å². The number of thiazole rings is 1. The Morgan fingerprint density at radius 1 is 1.43 bits per heavy atom. The van der Waals surface area contributed by atoms with Gasteiger partial charge >= 0.3 is 5.97 Å². The summed E-state index contributed by atoms with van der Waals surface area (Å²) in [5.74, 6) is -0.650. The largest absolute Gasteiger partial charge is 0.455 e. The molecule has 2 heterocycles. The number of hydrogen-bond donors (Lipinski definition) is 1. The van der Waals surface area contributed by atoms with Crippen molar-refractivity contribution in [2.75, 3.05) is 6.61 Å². The van der Waals surface area contributed by atoms with E-state index in [4.69, 9.17) is 4.74 Å². The van der Waals surface area contributed by atoms with Crippen molar-refractivity contribution >= 4 is 28.2 Å². The fourth-order valence-electron chi connectivity index (χ4n) is 2.55. The Hall–Kier alpha value is -1.89. The van der Waals surface area contributed by atoms with Crippen LogP contribution < -0.4 is 5.32 Å². The van der Waals surface area contributed by atoms with Crippen LogP contribution in [0.3, 0.4) is 0 Å². The van der Waals surface area contributed by atoms with E-state index in [0.29, 0.717) is 5.69 Å². The molecule has 3 rings (SSSR count). The maximum absolute atomic E-state index is 11.7. The van der Waals surface area contributed by atoms with Crippen molar-refractivity contribution < 1.29 is 14.3 Å². The summed E-state index contributed by atoms with van der Waals surface area (Å²) in [5.41, 5.74) is 0.656. The normalized spacial score (nSPS) is 15.4. The summed E-state index contributed by atoms with van der Waals surface area (Å²) >= 11 is 1.51. The first-order valence-corrected chi connectivity index (χ1v) is 7.95. The van der Waals surface area contributed by atoms with Crippen LogP contribution in [0.5, 0.6) is 0 Å². The summed E-state index contributed by atoms with van der Waals surface area (Å²) in [4.78, 5) is 28.5. The fourth-order valence-corrected chi connectivity index (χ4v) is 3.26. The zero-order valence-electron chi connectivity index (χ0n) is 11.6. The zero-order chi connectivity index (χ0) is 14.7. The molecule has 0 unspecified atom stereocenters. The van der Waals surface area contributed by atoms with Gasteiger partial charge in [-0.1, -0.05) is 12.8 Å². The first-order chi connectivity index (χ1) is 10.2. The second-order valence-electron chi connectivity index (χ2n) is 5.21. The molecule has 1 saturated carbocycles. The summed E-state index contributed by atoms with van der Waals surface area (Å²) < 4.78 is 6.85. The number of nitrogens with one attached hydrogen (secondary N) is 1. The van der Waals surface area contributed by atoms with Crippen LogP contribution >= 0.6 is 11.3 Å². The minimum Gasteiger partial charge on any atom is -0.455 e. The molecular formula is C14H17N3O3S. The number of rotatable bonds is 5. The average molecular weight is 307 g/mol. The highest BCUT2D eigenvalue weighted by molar-refractivity contribution is 7.15. The van der Waals surface area contributed by atoms with Gasteiger partial charge < -0.3 is 10.1 Å². The van der Waals surface area contributed by atoms with E-state index in [9.17, 15) is 9.59 Å². The molecule has 0 spiro atoms. The number of amides is 1. The van der Waals surface area contributed by atoms with E-state index < -0.39 is 5.97 Å². The zero-order valence-corrected chi connectivity index (χ0v) is 12.4. The molecule has 0 aliphatic heterocycles. The van der Waals surface area contributed by atoms with Crippen molar-refractivity contribution in [3.05, 3.63) is 23.5 Å². The molecule has 0 atom stereocenters. The van der Waals surface area contributed by atoms with Gasteiger partial charge in [0, 0.05) is 23.8 Å². The number of ether oxygens (including phenoxy) is 1. The molecule has 1 amide bonds. The lowest BCUT2D eigenvalue weighted by Crippen LogP contribution is -2.36. The van der Waals surface area contributed by atoms with Crippen molar-refractivity contribution in [3.8, 4) is 0 Å². The van der Waals surface area contributed by atoms with Crippen LogP contribution in [0, 0.1) is 0 Å². The summed E-state index contributed by atoms with van der Waals surface area (Å²) in [5, 5.41) is 4.81. The Labute approximate surface area is 126 Å². The van der Waals surface area contributed by atoms with Crippen molar-refractivity contribution in [2.45, 2.75) is 38.1 Å². The monoisotopic (exact) mass is 307 g/mol. The number of aromatic nitrogens is 2. The van der Waals surface area contributed by atoms with Crippen molar-refractivity contribution in [1.82, 2.24) is 14.7 Å². The SMILES string of the molecule is O=C(COC(=O)Cc1cn2ccsc2n1)NC1CCCC1. The van der Waals surface area contributed by atoms with Crippen LogP contribution in [0.1, 0.15) is 31.4 Å². The third-order valence-electron chi connectivity index (χ3n) is 3.55. The van der Waals surface area contributed by atoms with Gasteiger partial charge in [0.2, 0.25) is 0 Å². The molecule has 0 aromatic carbocycles. The maximum Gasteiger partial charge on any atom is 0.312 e. The van der Waals surface area contributed by atoms with Gasteiger partial charge in [0.25, 0.3) is 5.91 Å². The number of esters is 1. The lowest BCUT2D eigenvalue weighted by Gasteiger charge is -2.11. The lowest BCUT2D eigenvalue weighted by atomic mass is 10.2. The Bertz CT molecular complexity index is 614. The van der Waals surface area contributed by atoms with Crippen LogP contribution in [0.4, 0.5) is 0 Å². The molecular weight excluding hydrogens is 290 g/mol. The van der Waals surface area contributed by atoms with Crippen molar-refractivity contribution in [3.63, 3.8) is 0 Å².